The van der Waals surface area contributed by atoms with Crippen LogP contribution in [0.1, 0.15) is 13.8 Å². The lowest BCUT2D eigenvalue weighted by atomic mass is 10.2. The first-order valence-corrected chi connectivity index (χ1v) is 5.74. The zero-order chi connectivity index (χ0) is 12.3. The highest BCUT2D eigenvalue weighted by Crippen LogP contribution is 2.04. The van der Waals surface area contributed by atoms with E-state index in [-0.39, 0.29) is 11.7 Å². The molecule has 2 rings (SSSR count). The van der Waals surface area contributed by atoms with E-state index < -0.39 is 0 Å². The normalized spacial score (nSPS) is 11.2. The molecule has 0 unspecified atom stereocenters. The molecule has 0 N–H and O–H groups in total. The van der Waals surface area contributed by atoms with Crippen molar-refractivity contribution in [3.8, 4) is 0 Å². The van der Waals surface area contributed by atoms with E-state index in [1.807, 2.05) is 32.0 Å². The Morgan fingerprint density at radius 2 is 2.12 bits per heavy atom. The molecule has 0 radical (unpaired) electrons. The lowest BCUT2D eigenvalue weighted by molar-refractivity contribution is 0.0722. The van der Waals surface area contributed by atoms with Gasteiger partial charge in [0.05, 0.1) is 36.5 Å². The fourth-order valence-corrected chi connectivity index (χ4v) is 1.65. The summed E-state index contributed by atoms with van der Waals surface area (Å²) in [4.78, 5) is 16.3. The summed E-state index contributed by atoms with van der Waals surface area (Å²) in [6, 6.07) is 7.36. The van der Waals surface area contributed by atoms with Gasteiger partial charge in [-0.05, 0) is 26.0 Å². The monoisotopic (exact) mass is 232 g/mol. The lowest BCUT2D eigenvalue weighted by Crippen LogP contribution is -2.23. The summed E-state index contributed by atoms with van der Waals surface area (Å²) in [6.45, 7) is 5.01. The standard InChI is InChI=1S/C13H16N2O2/c1-10(2)17-8-7-15-9-14-12-6-4-3-5-11(12)13(15)16/h3-6,9-10H,7-8H2,1-2H3. The van der Waals surface area contributed by atoms with Gasteiger partial charge < -0.3 is 4.74 Å². The average molecular weight is 232 g/mol. The SMILES string of the molecule is CC(C)OCCn1cnc2ccccc2c1=O. The van der Waals surface area contributed by atoms with Gasteiger partial charge in [0.15, 0.2) is 0 Å². The Kier molecular flexibility index (Phi) is 3.54. The number of aromatic nitrogens is 2. The van der Waals surface area contributed by atoms with E-state index in [0.29, 0.717) is 18.5 Å². The van der Waals surface area contributed by atoms with Crippen molar-refractivity contribution >= 4 is 10.9 Å². The number of fused-ring (bicyclic) bond motifs is 1. The number of benzene rings is 1. The van der Waals surface area contributed by atoms with E-state index in [4.69, 9.17) is 4.74 Å². The first-order valence-electron chi connectivity index (χ1n) is 5.74. The maximum absolute atomic E-state index is 12.1. The van der Waals surface area contributed by atoms with Crippen molar-refractivity contribution in [2.45, 2.75) is 26.5 Å². The highest BCUT2D eigenvalue weighted by molar-refractivity contribution is 5.76. The predicted octanol–water partition coefficient (Wildman–Crippen LogP) is 1.82. The van der Waals surface area contributed by atoms with Crippen LogP contribution in [0, 0.1) is 0 Å². The van der Waals surface area contributed by atoms with Crippen LogP contribution in [0.25, 0.3) is 10.9 Å². The average Bonchev–Trinajstić information content (AvgIpc) is 2.32. The van der Waals surface area contributed by atoms with E-state index in [1.54, 1.807) is 17.0 Å². The van der Waals surface area contributed by atoms with Crippen molar-refractivity contribution in [3.05, 3.63) is 40.9 Å². The topological polar surface area (TPSA) is 44.1 Å². The second-order valence-corrected chi connectivity index (χ2v) is 4.18. The molecule has 90 valence electrons. The molecule has 1 aromatic carbocycles. The summed E-state index contributed by atoms with van der Waals surface area (Å²) < 4.78 is 7.01. The molecule has 1 aromatic heterocycles. The first-order chi connectivity index (χ1) is 8.18. The van der Waals surface area contributed by atoms with Crippen molar-refractivity contribution in [1.29, 1.82) is 0 Å². The minimum absolute atomic E-state index is 0.0112. The van der Waals surface area contributed by atoms with Gasteiger partial charge in [0, 0.05) is 0 Å². The van der Waals surface area contributed by atoms with Crippen molar-refractivity contribution in [2.24, 2.45) is 0 Å². The van der Waals surface area contributed by atoms with Gasteiger partial charge in [-0.15, -0.1) is 0 Å². The third kappa shape index (κ3) is 2.71. The van der Waals surface area contributed by atoms with E-state index in [2.05, 4.69) is 4.98 Å². The predicted molar refractivity (Wildman–Crippen MR) is 67.1 cm³/mol. The quantitative estimate of drug-likeness (QED) is 0.807. The van der Waals surface area contributed by atoms with Crippen molar-refractivity contribution in [1.82, 2.24) is 9.55 Å². The van der Waals surface area contributed by atoms with Crippen LogP contribution in [0.5, 0.6) is 0 Å². The third-order valence-corrected chi connectivity index (χ3v) is 2.51. The Bertz CT molecular complexity index is 561. The molecular formula is C13H16N2O2. The summed E-state index contributed by atoms with van der Waals surface area (Å²) in [6.07, 6.45) is 1.76. The molecule has 4 nitrogen and oxygen atoms in total. The number of hydrogen-bond acceptors (Lipinski definition) is 3. The molecule has 0 aliphatic rings. The van der Waals surface area contributed by atoms with Crippen molar-refractivity contribution in [3.63, 3.8) is 0 Å². The van der Waals surface area contributed by atoms with Crippen molar-refractivity contribution in [2.75, 3.05) is 6.61 Å². The molecule has 0 aliphatic heterocycles. The summed E-state index contributed by atoms with van der Waals surface area (Å²) >= 11 is 0. The van der Waals surface area contributed by atoms with Crippen LogP contribution in [0.4, 0.5) is 0 Å². The van der Waals surface area contributed by atoms with Crippen LogP contribution in [0.3, 0.4) is 0 Å². The van der Waals surface area contributed by atoms with Crippen LogP contribution < -0.4 is 5.56 Å². The lowest BCUT2D eigenvalue weighted by Gasteiger charge is -2.09. The number of ether oxygens (including phenoxy) is 1. The van der Waals surface area contributed by atoms with Gasteiger partial charge in [0.25, 0.3) is 5.56 Å². The first kappa shape index (κ1) is 11.8. The van der Waals surface area contributed by atoms with E-state index in [9.17, 15) is 4.79 Å². The van der Waals surface area contributed by atoms with Crippen LogP contribution in [0.2, 0.25) is 0 Å². The molecule has 0 amide bonds. The molecule has 4 heteroatoms. The van der Waals surface area contributed by atoms with Gasteiger partial charge in [0.1, 0.15) is 0 Å². The number of rotatable bonds is 4. The van der Waals surface area contributed by atoms with Gasteiger partial charge in [-0.2, -0.15) is 0 Å². The Morgan fingerprint density at radius 1 is 1.35 bits per heavy atom. The second kappa shape index (κ2) is 5.10. The Labute approximate surface area is 99.9 Å². The molecule has 0 spiro atoms. The zero-order valence-electron chi connectivity index (χ0n) is 10.1. The van der Waals surface area contributed by atoms with Crippen LogP contribution in [0.15, 0.2) is 35.4 Å². The van der Waals surface area contributed by atoms with Crippen LogP contribution >= 0.6 is 0 Å². The maximum atomic E-state index is 12.1. The third-order valence-electron chi connectivity index (χ3n) is 2.51. The highest BCUT2D eigenvalue weighted by Gasteiger charge is 2.03. The van der Waals surface area contributed by atoms with Gasteiger partial charge >= 0.3 is 0 Å². The van der Waals surface area contributed by atoms with E-state index >= 15 is 0 Å². The summed E-state index contributed by atoms with van der Waals surface area (Å²) in [5.74, 6) is 0. The number of nitrogens with zero attached hydrogens (tertiary/aromatic N) is 2. The molecule has 0 aliphatic carbocycles. The number of hydrogen-bond donors (Lipinski definition) is 0. The van der Waals surface area contributed by atoms with Crippen LogP contribution in [-0.4, -0.2) is 22.3 Å². The molecule has 0 bridgehead atoms. The summed E-state index contributed by atoms with van der Waals surface area (Å²) in [5, 5.41) is 0.652. The van der Waals surface area contributed by atoms with Gasteiger partial charge in [-0.3, -0.25) is 9.36 Å². The van der Waals surface area contributed by atoms with Crippen molar-refractivity contribution < 1.29 is 4.74 Å². The largest absolute Gasteiger partial charge is 0.377 e. The molecule has 17 heavy (non-hydrogen) atoms. The zero-order valence-corrected chi connectivity index (χ0v) is 10.1. The summed E-state index contributed by atoms with van der Waals surface area (Å²) in [7, 11) is 0. The molecule has 0 atom stereocenters. The van der Waals surface area contributed by atoms with Gasteiger partial charge in [0.2, 0.25) is 0 Å². The second-order valence-electron chi connectivity index (χ2n) is 4.18. The molecule has 0 saturated carbocycles. The van der Waals surface area contributed by atoms with Gasteiger partial charge in [-0.25, -0.2) is 4.98 Å². The molecule has 1 heterocycles. The van der Waals surface area contributed by atoms with E-state index in [1.165, 1.54) is 0 Å². The Morgan fingerprint density at radius 3 is 2.88 bits per heavy atom. The minimum Gasteiger partial charge on any atom is -0.377 e. The maximum Gasteiger partial charge on any atom is 0.261 e. The summed E-state index contributed by atoms with van der Waals surface area (Å²) in [5.41, 5.74) is 0.724. The fraction of sp³-hybridized carbons (Fsp3) is 0.385. The van der Waals surface area contributed by atoms with Gasteiger partial charge in [-0.1, -0.05) is 12.1 Å². The molecular weight excluding hydrogens is 216 g/mol. The van der Waals surface area contributed by atoms with Crippen LogP contribution in [-0.2, 0) is 11.3 Å². The Balaban J connectivity index is 2.24. The highest BCUT2D eigenvalue weighted by atomic mass is 16.5. The molecule has 2 aromatic rings. The fourth-order valence-electron chi connectivity index (χ4n) is 1.65. The smallest absolute Gasteiger partial charge is 0.261 e. The minimum atomic E-state index is -0.0112. The number of para-hydroxylation sites is 1. The van der Waals surface area contributed by atoms with E-state index in [0.717, 1.165) is 5.52 Å². The molecule has 0 saturated heterocycles. The molecule has 0 fully saturated rings. The Hall–Kier alpha value is -1.68.